The lowest BCUT2D eigenvalue weighted by Gasteiger charge is -2.49. The molecule has 1 fully saturated rings. The first-order chi connectivity index (χ1) is 9.35. The van der Waals surface area contributed by atoms with Crippen LogP contribution in [-0.4, -0.2) is 53.0 Å². The van der Waals surface area contributed by atoms with Crippen LogP contribution in [0.3, 0.4) is 0 Å². The van der Waals surface area contributed by atoms with Gasteiger partial charge in [-0.05, 0) is 45.0 Å². The van der Waals surface area contributed by atoms with Gasteiger partial charge in [0.1, 0.15) is 6.20 Å². The Hall–Kier alpha value is -1.47. The van der Waals surface area contributed by atoms with Gasteiger partial charge in [0.25, 0.3) is 0 Å². The van der Waals surface area contributed by atoms with Crippen molar-refractivity contribution in [3.8, 4) is 0 Å². The average molecular weight is 300 g/mol. The Morgan fingerprint density at radius 3 is 2.55 bits per heavy atom. The predicted molar refractivity (Wildman–Crippen MR) is 77.2 cm³/mol. The number of hydrogen-bond acceptors (Lipinski definition) is 6. The zero-order valence-corrected chi connectivity index (χ0v) is 12.6. The van der Waals surface area contributed by atoms with Crippen LogP contribution >= 0.6 is 11.6 Å². The second kappa shape index (κ2) is 5.49. The first kappa shape index (κ1) is 14.9. The van der Waals surface area contributed by atoms with Crippen LogP contribution in [0.5, 0.6) is 0 Å². The third-order valence-electron chi connectivity index (χ3n) is 4.04. The molecule has 0 bridgehead atoms. The minimum absolute atomic E-state index is 0.0185. The Morgan fingerprint density at radius 2 is 2.10 bits per heavy atom. The van der Waals surface area contributed by atoms with E-state index in [0.29, 0.717) is 6.54 Å². The number of nitro groups is 1. The number of halogens is 1. The zero-order valence-electron chi connectivity index (χ0n) is 11.8. The predicted octanol–water partition coefficient (Wildman–Crippen LogP) is 1.96. The van der Waals surface area contributed by atoms with Crippen molar-refractivity contribution in [1.82, 2.24) is 14.9 Å². The largest absolute Gasteiger partial charge is 0.352 e. The fraction of sp³-hybridized carbons (Fsp3) is 0.667. The number of nitrogens with zero attached hydrogens (tertiary/aromatic N) is 5. The number of anilines is 1. The van der Waals surface area contributed by atoms with Crippen LogP contribution in [-0.2, 0) is 0 Å². The Kier molecular flexibility index (Phi) is 4.10. The van der Waals surface area contributed by atoms with Crippen molar-refractivity contribution < 1.29 is 4.92 Å². The van der Waals surface area contributed by atoms with E-state index in [-0.39, 0.29) is 22.3 Å². The highest BCUT2D eigenvalue weighted by atomic mass is 35.5. The molecule has 0 radical (unpaired) electrons. The van der Waals surface area contributed by atoms with E-state index in [4.69, 9.17) is 11.6 Å². The maximum absolute atomic E-state index is 11.1. The number of likely N-dealkylation sites (N-methyl/N-ethyl adjacent to an activating group) is 2. The summed E-state index contributed by atoms with van der Waals surface area (Å²) in [7, 11) is 5.87. The first-order valence-corrected chi connectivity index (χ1v) is 6.79. The smallest absolute Gasteiger partial charge is 0.329 e. The maximum Gasteiger partial charge on any atom is 0.329 e. The molecule has 0 aliphatic heterocycles. The van der Waals surface area contributed by atoms with Crippen molar-refractivity contribution >= 4 is 23.1 Å². The van der Waals surface area contributed by atoms with E-state index >= 15 is 0 Å². The molecule has 110 valence electrons. The zero-order chi connectivity index (χ0) is 14.9. The molecule has 1 aliphatic carbocycles. The summed E-state index contributed by atoms with van der Waals surface area (Å²) in [5.41, 5.74) is -0.0647. The second-order valence-electron chi connectivity index (χ2n) is 5.43. The molecular weight excluding hydrogens is 282 g/mol. The minimum atomic E-state index is -0.481. The summed E-state index contributed by atoms with van der Waals surface area (Å²) < 4.78 is 0. The van der Waals surface area contributed by atoms with E-state index in [2.05, 4.69) is 14.9 Å². The molecule has 0 spiro atoms. The first-order valence-electron chi connectivity index (χ1n) is 6.41. The summed E-state index contributed by atoms with van der Waals surface area (Å²) >= 11 is 5.77. The Morgan fingerprint density at radius 1 is 1.45 bits per heavy atom. The van der Waals surface area contributed by atoms with E-state index in [1.54, 1.807) is 11.9 Å². The van der Waals surface area contributed by atoms with Crippen LogP contribution in [0.1, 0.15) is 19.3 Å². The van der Waals surface area contributed by atoms with Crippen LogP contribution in [0.4, 0.5) is 11.5 Å². The summed E-state index contributed by atoms with van der Waals surface area (Å²) in [6.07, 6.45) is 4.50. The molecular formula is C12H18ClN5O2. The quantitative estimate of drug-likeness (QED) is 0.470. The molecule has 0 unspecified atom stereocenters. The second-order valence-corrected chi connectivity index (χ2v) is 5.77. The Balaban J connectivity index is 2.27. The summed E-state index contributed by atoms with van der Waals surface area (Å²) in [6.45, 7) is 0.675. The van der Waals surface area contributed by atoms with Crippen LogP contribution < -0.4 is 4.90 Å². The topological polar surface area (TPSA) is 75.4 Å². The molecule has 7 nitrogen and oxygen atoms in total. The lowest BCUT2D eigenvalue weighted by molar-refractivity contribution is -0.384. The SMILES string of the molecule is CN(CC1(N(C)C)CCC1)c1nc(Cl)ncc1[N+](=O)[O-]. The molecule has 1 heterocycles. The van der Waals surface area contributed by atoms with Gasteiger partial charge >= 0.3 is 5.69 Å². The van der Waals surface area contributed by atoms with Crippen LogP contribution in [0.15, 0.2) is 6.20 Å². The van der Waals surface area contributed by atoms with Gasteiger partial charge in [-0.3, -0.25) is 10.1 Å². The molecule has 8 heteroatoms. The van der Waals surface area contributed by atoms with Crippen LogP contribution in [0, 0.1) is 10.1 Å². The van der Waals surface area contributed by atoms with Gasteiger partial charge in [0.2, 0.25) is 11.1 Å². The van der Waals surface area contributed by atoms with Gasteiger partial charge < -0.3 is 9.80 Å². The summed E-state index contributed by atoms with van der Waals surface area (Å²) in [6, 6.07) is 0. The molecule has 1 saturated carbocycles. The molecule has 1 aromatic rings. The normalized spacial score (nSPS) is 16.9. The molecule has 0 aromatic carbocycles. The van der Waals surface area contributed by atoms with E-state index in [9.17, 15) is 10.1 Å². The molecule has 1 aliphatic rings. The lowest BCUT2D eigenvalue weighted by Crippen LogP contribution is -2.56. The van der Waals surface area contributed by atoms with E-state index in [1.165, 1.54) is 6.42 Å². The van der Waals surface area contributed by atoms with Crippen molar-refractivity contribution in [3.05, 3.63) is 21.6 Å². The standard InChI is InChI=1S/C12H18ClN5O2/c1-16(2)12(5-4-6-12)8-17(3)10-9(18(19)20)7-14-11(13)15-10/h7H,4-6,8H2,1-3H3. The molecule has 2 rings (SSSR count). The van der Waals surface area contributed by atoms with Crippen LogP contribution in [0.2, 0.25) is 5.28 Å². The van der Waals surface area contributed by atoms with Gasteiger partial charge in [-0.2, -0.15) is 4.98 Å². The molecule has 1 aromatic heterocycles. The molecule has 0 saturated heterocycles. The van der Waals surface area contributed by atoms with Gasteiger partial charge in [0, 0.05) is 19.1 Å². The van der Waals surface area contributed by atoms with Crippen molar-refractivity contribution in [2.24, 2.45) is 0 Å². The minimum Gasteiger partial charge on any atom is -0.352 e. The monoisotopic (exact) mass is 299 g/mol. The van der Waals surface area contributed by atoms with Gasteiger partial charge in [-0.15, -0.1) is 0 Å². The van der Waals surface area contributed by atoms with Crippen molar-refractivity contribution in [3.63, 3.8) is 0 Å². The number of rotatable bonds is 5. The average Bonchev–Trinajstić information content (AvgIpc) is 2.32. The van der Waals surface area contributed by atoms with Gasteiger partial charge in [-0.1, -0.05) is 0 Å². The van der Waals surface area contributed by atoms with Crippen molar-refractivity contribution in [2.75, 3.05) is 32.6 Å². The van der Waals surface area contributed by atoms with Gasteiger partial charge in [0.05, 0.1) is 4.92 Å². The van der Waals surface area contributed by atoms with Crippen LogP contribution in [0.25, 0.3) is 0 Å². The highest BCUT2D eigenvalue weighted by Gasteiger charge is 2.41. The molecule has 0 amide bonds. The molecule has 20 heavy (non-hydrogen) atoms. The Bertz CT molecular complexity index is 519. The summed E-state index contributed by atoms with van der Waals surface area (Å²) in [5, 5.41) is 11.1. The Labute approximate surface area is 122 Å². The lowest BCUT2D eigenvalue weighted by atomic mass is 9.75. The maximum atomic E-state index is 11.1. The third kappa shape index (κ3) is 2.69. The van der Waals surface area contributed by atoms with Gasteiger partial charge in [0.15, 0.2) is 0 Å². The highest BCUT2D eigenvalue weighted by Crippen LogP contribution is 2.38. The van der Waals surface area contributed by atoms with E-state index in [0.717, 1.165) is 19.0 Å². The fourth-order valence-corrected chi connectivity index (χ4v) is 2.73. The number of hydrogen-bond donors (Lipinski definition) is 0. The third-order valence-corrected chi connectivity index (χ3v) is 4.23. The van der Waals surface area contributed by atoms with E-state index in [1.807, 2.05) is 14.1 Å². The molecule has 0 atom stereocenters. The summed E-state index contributed by atoms with van der Waals surface area (Å²) in [4.78, 5) is 22.3. The highest BCUT2D eigenvalue weighted by molar-refractivity contribution is 6.28. The fourth-order valence-electron chi connectivity index (χ4n) is 2.60. The van der Waals surface area contributed by atoms with Crippen molar-refractivity contribution in [1.29, 1.82) is 0 Å². The molecule has 0 N–H and O–H groups in total. The number of aromatic nitrogens is 2. The summed E-state index contributed by atoms with van der Waals surface area (Å²) in [5.74, 6) is 0.267. The van der Waals surface area contributed by atoms with Gasteiger partial charge in [-0.25, -0.2) is 4.98 Å². The van der Waals surface area contributed by atoms with Crippen molar-refractivity contribution in [2.45, 2.75) is 24.8 Å². The van der Waals surface area contributed by atoms with E-state index < -0.39 is 4.92 Å².